The van der Waals surface area contributed by atoms with Gasteiger partial charge in [0.1, 0.15) is 13.2 Å². The summed E-state index contributed by atoms with van der Waals surface area (Å²) in [6.45, 7) is 9.03. The Bertz CT molecular complexity index is 1430. The number of amides is 1. The van der Waals surface area contributed by atoms with Crippen LogP contribution in [0.15, 0.2) is 55.0 Å². The van der Waals surface area contributed by atoms with Crippen LogP contribution in [0.3, 0.4) is 0 Å². The smallest absolute Gasteiger partial charge is 0.254 e. The molecule has 6 rings (SSSR count). The van der Waals surface area contributed by atoms with Gasteiger partial charge in [0.25, 0.3) is 5.91 Å². The molecular weight excluding hydrogens is 468 g/mol. The van der Waals surface area contributed by atoms with Crippen LogP contribution < -0.4 is 9.47 Å². The second kappa shape index (κ2) is 9.82. The molecule has 1 amide bonds. The fraction of sp³-hybridized carbons (Fsp3) is 0.357. The Balaban J connectivity index is 1.30. The van der Waals surface area contributed by atoms with E-state index >= 15 is 0 Å². The molecule has 190 valence electrons. The lowest BCUT2D eigenvalue weighted by molar-refractivity contribution is 0.0630. The number of hydrogen-bond acceptors (Lipinski definition) is 7. The molecule has 1 saturated heterocycles. The molecule has 0 aliphatic carbocycles. The van der Waals surface area contributed by atoms with E-state index in [0.29, 0.717) is 49.0 Å². The van der Waals surface area contributed by atoms with Gasteiger partial charge in [-0.3, -0.25) is 14.7 Å². The number of ether oxygens (including phenoxy) is 2. The molecule has 0 N–H and O–H groups in total. The zero-order valence-corrected chi connectivity index (χ0v) is 21.1. The zero-order chi connectivity index (χ0) is 25.4. The number of carbonyl (C=O) groups is 1. The zero-order valence-electron chi connectivity index (χ0n) is 21.1. The van der Waals surface area contributed by atoms with Crippen molar-refractivity contribution in [2.75, 3.05) is 39.4 Å². The van der Waals surface area contributed by atoms with E-state index in [1.54, 1.807) is 6.20 Å². The summed E-state index contributed by atoms with van der Waals surface area (Å²) in [5.74, 6) is 1.43. The number of pyridine rings is 2. The number of piperazine rings is 1. The van der Waals surface area contributed by atoms with Crippen molar-refractivity contribution >= 4 is 16.9 Å². The summed E-state index contributed by atoms with van der Waals surface area (Å²) < 4.78 is 13.3. The molecule has 1 aromatic carbocycles. The number of aromatic nitrogens is 4. The molecule has 0 bridgehead atoms. The molecule has 0 spiro atoms. The molecule has 4 aromatic rings. The molecule has 3 aromatic heterocycles. The monoisotopic (exact) mass is 498 g/mol. The number of fused-ring (bicyclic) bond motifs is 2. The number of benzene rings is 1. The Morgan fingerprint density at radius 2 is 1.73 bits per heavy atom. The van der Waals surface area contributed by atoms with Crippen LogP contribution in [0.1, 0.15) is 35.8 Å². The van der Waals surface area contributed by atoms with Gasteiger partial charge in [-0.25, -0.2) is 9.67 Å². The Labute approximate surface area is 215 Å². The highest BCUT2D eigenvalue weighted by molar-refractivity contribution is 6.06. The van der Waals surface area contributed by atoms with Crippen molar-refractivity contribution in [2.24, 2.45) is 0 Å². The van der Waals surface area contributed by atoms with E-state index in [4.69, 9.17) is 14.5 Å². The highest BCUT2D eigenvalue weighted by atomic mass is 16.6. The van der Waals surface area contributed by atoms with Crippen molar-refractivity contribution in [3.63, 3.8) is 0 Å². The first-order valence-electron chi connectivity index (χ1n) is 12.8. The van der Waals surface area contributed by atoms with E-state index in [9.17, 15) is 4.79 Å². The summed E-state index contributed by atoms with van der Waals surface area (Å²) in [7, 11) is 0. The maximum absolute atomic E-state index is 13.9. The van der Waals surface area contributed by atoms with E-state index in [2.05, 4.69) is 28.8 Å². The summed E-state index contributed by atoms with van der Waals surface area (Å²) in [5, 5.41) is 5.35. The largest absolute Gasteiger partial charge is 0.486 e. The molecule has 2 aliphatic heterocycles. The van der Waals surface area contributed by atoms with E-state index in [1.165, 1.54) is 5.56 Å². The molecule has 0 radical (unpaired) electrons. The van der Waals surface area contributed by atoms with Crippen molar-refractivity contribution < 1.29 is 14.3 Å². The van der Waals surface area contributed by atoms with Crippen LogP contribution in [0.25, 0.3) is 22.3 Å². The van der Waals surface area contributed by atoms with Gasteiger partial charge in [0.05, 0.1) is 22.8 Å². The second-order valence-corrected chi connectivity index (χ2v) is 9.76. The van der Waals surface area contributed by atoms with Crippen LogP contribution in [0.4, 0.5) is 0 Å². The van der Waals surface area contributed by atoms with Crippen molar-refractivity contribution in [1.29, 1.82) is 0 Å². The van der Waals surface area contributed by atoms with Gasteiger partial charge in [0.2, 0.25) is 0 Å². The summed E-state index contributed by atoms with van der Waals surface area (Å²) in [6, 6.07) is 11.9. The average molecular weight is 499 g/mol. The number of rotatable bonds is 5. The van der Waals surface area contributed by atoms with Crippen molar-refractivity contribution in [3.8, 4) is 22.8 Å². The van der Waals surface area contributed by atoms with Gasteiger partial charge in [-0.2, -0.15) is 5.10 Å². The number of nitrogens with zero attached hydrogens (tertiary/aromatic N) is 6. The van der Waals surface area contributed by atoms with Crippen LogP contribution in [-0.4, -0.2) is 74.8 Å². The van der Waals surface area contributed by atoms with Crippen molar-refractivity contribution in [1.82, 2.24) is 29.5 Å². The maximum atomic E-state index is 13.9. The second-order valence-electron chi connectivity index (χ2n) is 9.76. The van der Waals surface area contributed by atoms with E-state index in [0.717, 1.165) is 36.3 Å². The first kappa shape index (κ1) is 23.4. The van der Waals surface area contributed by atoms with Crippen LogP contribution in [0, 0.1) is 0 Å². The minimum absolute atomic E-state index is 0.0121. The summed E-state index contributed by atoms with van der Waals surface area (Å²) >= 11 is 0. The first-order chi connectivity index (χ1) is 18.1. The molecule has 9 heteroatoms. The first-order valence-corrected chi connectivity index (χ1v) is 12.8. The molecule has 1 fully saturated rings. The third-order valence-electron chi connectivity index (χ3n) is 6.94. The molecular formula is C28H30N6O3. The minimum atomic E-state index is 0.0121. The van der Waals surface area contributed by atoms with Crippen LogP contribution >= 0.6 is 0 Å². The lowest BCUT2D eigenvalue weighted by atomic mass is 10.0. The van der Waals surface area contributed by atoms with Gasteiger partial charge in [-0.15, -0.1) is 0 Å². The van der Waals surface area contributed by atoms with Gasteiger partial charge in [-0.1, -0.05) is 0 Å². The van der Waals surface area contributed by atoms with E-state index in [-0.39, 0.29) is 11.9 Å². The predicted octanol–water partition coefficient (Wildman–Crippen LogP) is 3.80. The Hall–Kier alpha value is -3.98. The van der Waals surface area contributed by atoms with Gasteiger partial charge in [-0.05, 0) is 55.8 Å². The quantitative estimate of drug-likeness (QED) is 0.414. The van der Waals surface area contributed by atoms with E-state index < -0.39 is 0 Å². The Morgan fingerprint density at radius 3 is 2.49 bits per heavy atom. The Kier molecular flexibility index (Phi) is 6.21. The number of carbonyl (C=O) groups excluding carboxylic acids is 1. The molecule has 37 heavy (non-hydrogen) atoms. The van der Waals surface area contributed by atoms with Gasteiger partial charge < -0.3 is 14.4 Å². The minimum Gasteiger partial charge on any atom is -0.486 e. The van der Waals surface area contributed by atoms with Crippen molar-refractivity contribution in [3.05, 3.63) is 66.1 Å². The molecule has 5 heterocycles. The highest BCUT2D eigenvalue weighted by Gasteiger charge is 2.26. The molecule has 0 atom stereocenters. The molecule has 9 nitrogen and oxygen atoms in total. The van der Waals surface area contributed by atoms with Crippen LogP contribution in [0.2, 0.25) is 0 Å². The SMILES string of the molecule is CC(C)n1ncc2c(C(=O)N3CCN(Cc4ccncc4)CC3)cc(-c3ccc4c(c3)OCCO4)nc21. The summed E-state index contributed by atoms with van der Waals surface area (Å²) in [6.07, 6.45) is 5.41. The average Bonchev–Trinajstić information content (AvgIpc) is 3.37. The summed E-state index contributed by atoms with van der Waals surface area (Å²) in [5.41, 5.74) is 4.16. The van der Waals surface area contributed by atoms with Crippen LogP contribution in [0.5, 0.6) is 11.5 Å². The third kappa shape index (κ3) is 4.62. The normalized spacial score (nSPS) is 15.9. The Morgan fingerprint density at radius 1 is 0.973 bits per heavy atom. The van der Waals surface area contributed by atoms with Crippen LogP contribution in [-0.2, 0) is 6.54 Å². The van der Waals surface area contributed by atoms with Crippen molar-refractivity contribution in [2.45, 2.75) is 26.4 Å². The van der Waals surface area contributed by atoms with Gasteiger partial charge in [0.15, 0.2) is 17.1 Å². The van der Waals surface area contributed by atoms with Gasteiger partial charge in [0, 0.05) is 56.7 Å². The topological polar surface area (TPSA) is 85.6 Å². The molecule has 0 unspecified atom stereocenters. The predicted molar refractivity (Wildman–Crippen MR) is 140 cm³/mol. The fourth-order valence-electron chi connectivity index (χ4n) is 4.95. The molecule has 2 aliphatic rings. The lowest BCUT2D eigenvalue weighted by Gasteiger charge is -2.35. The summed E-state index contributed by atoms with van der Waals surface area (Å²) in [4.78, 5) is 27.2. The molecule has 0 saturated carbocycles. The van der Waals surface area contributed by atoms with Gasteiger partial charge >= 0.3 is 0 Å². The number of hydrogen-bond donors (Lipinski definition) is 0. The standard InChI is InChI=1S/C28H30N6O3/c1-19(2)34-27-23(17-30-34)22(16-24(31-27)21-3-4-25-26(15-21)37-14-13-36-25)28(35)33-11-9-32(10-12-33)18-20-5-7-29-8-6-20/h3-8,15-17,19H,9-14,18H2,1-2H3. The van der Waals surface area contributed by atoms with E-state index in [1.807, 2.05) is 58.4 Å². The maximum Gasteiger partial charge on any atom is 0.254 e. The third-order valence-corrected chi connectivity index (χ3v) is 6.94. The highest BCUT2D eigenvalue weighted by Crippen LogP contribution is 2.35. The lowest BCUT2D eigenvalue weighted by Crippen LogP contribution is -2.48. The fourth-order valence-corrected chi connectivity index (χ4v) is 4.95.